The number of nitrogens with zero attached hydrogens (tertiary/aromatic N) is 1. The molecule has 0 N–H and O–H groups in total. The zero-order valence-corrected chi connectivity index (χ0v) is 37.0. The highest BCUT2D eigenvalue weighted by Crippen LogP contribution is 2.46. The number of fused-ring (bicyclic) bond motifs is 6. The second-order valence-corrected chi connectivity index (χ2v) is 18.0. The van der Waals surface area contributed by atoms with E-state index in [4.69, 9.17) is 4.42 Å². The number of hydrogen-bond donors (Lipinski definition) is 0. The van der Waals surface area contributed by atoms with E-state index in [0.717, 1.165) is 40.5 Å². The fourth-order valence-corrected chi connectivity index (χ4v) is 10.6. The van der Waals surface area contributed by atoms with Crippen molar-refractivity contribution in [1.29, 1.82) is 0 Å². The molecule has 66 heavy (non-hydrogen) atoms. The molecule has 1 aromatic heterocycles. The first-order valence-electron chi connectivity index (χ1n) is 23.3. The third-order valence-corrected chi connectivity index (χ3v) is 14.2. The summed E-state index contributed by atoms with van der Waals surface area (Å²) in [6, 6.07) is 80.0. The molecule has 0 radical (unpaired) electrons. The molecule has 0 fully saturated rings. The van der Waals surface area contributed by atoms with Gasteiger partial charge in [-0.05, 0) is 158 Å². The van der Waals surface area contributed by atoms with Gasteiger partial charge in [0.1, 0.15) is 11.2 Å². The van der Waals surface area contributed by atoms with Gasteiger partial charge in [0.15, 0.2) is 0 Å². The van der Waals surface area contributed by atoms with E-state index in [1.807, 2.05) is 12.1 Å². The first-order valence-corrected chi connectivity index (χ1v) is 23.3. The van der Waals surface area contributed by atoms with E-state index in [0.29, 0.717) is 11.8 Å². The van der Waals surface area contributed by atoms with Gasteiger partial charge in [-0.25, -0.2) is 0 Å². The van der Waals surface area contributed by atoms with Gasteiger partial charge in [0.05, 0.1) is 6.04 Å². The van der Waals surface area contributed by atoms with Crippen molar-refractivity contribution in [2.24, 2.45) is 0 Å². The molecule has 0 spiro atoms. The second kappa shape index (κ2) is 16.9. The van der Waals surface area contributed by atoms with E-state index in [9.17, 15) is 0 Å². The topological polar surface area (TPSA) is 16.4 Å². The van der Waals surface area contributed by atoms with E-state index in [2.05, 4.69) is 236 Å². The van der Waals surface area contributed by atoms with E-state index in [1.54, 1.807) is 0 Å². The molecule has 1 heterocycles. The monoisotopic (exact) mass is 847 g/mol. The lowest BCUT2D eigenvalue weighted by molar-refractivity contribution is 0.568. The molecule has 316 valence electrons. The van der Waals surface area contributed by atoms with Crippen LogP contribution in [-0.2, 0) is 6.42 Å². The van der Waals surface area contributed by atoms with Crippen molar-refractivity contribution in [3.05, 3.63) is 259 Å². The summed E-state index contributed by atoms with van der Waals surface area (Å²) in [6.07, 6.45) is 9.09. The third-order valence-electron chi connectivity index (χ3n) is 14.2. The van der Waals surface area contributed by atoms with E-state index in [-0.39, 0.29) is 6.04 Å². The minimum absolute atomic E-state index is 0.115. The van der Waals surface area contributed by atoms with E-state index < -0.39 is 0 Å². The number of allylic oxidation sites excluding steroid dienone is 2. The zero-order valence-electron chi connectivity index (χ0n) is 37.0. The van der Waals surface area contributed by atoms with Crippen LogP contribution in [0.1, 0.15) is 47.4 Å². The van der Waals surface area contributed by atoms with Crippen LogP contribution in [0.25, 0.3) is 72.0 Å². The average molecular weight is 848 g/mol. The maximum Gasteiger partial charge on any atom is 0.135 e. The van der Waals surface area contributed by atoms with Crippen LogP contribution in [0.2, 0.25) is 0 Å². The molecule has 2 aliphatic carbocycles. The van der Waals surface area contributed by atoms with Gasteiger partial charge in [-0.15, -0.1) is 0 Å². The molecule has 0 amide bonds. The van der Waals surface area contributed by atoms with Gasteiger partial charge in [0.2, 0.25) is 0 Å². The molecular formula is C64H49NO. The van der Waals surface area contributed by atoms with Crippen LogP contribution >= 0.6 is 0 Å². The summed E-state index contributed by atoms with van der Waals surface area (Å²) >= 11 is 0. The van der Waals surface area contributed by atoms with E-state index in [1.165, 1.54) is 78.0 Å². The first kappa shape index (κ1) is 39.6. The van der Waals surface area contributed by atoms with E-state index >= 15 is 0 Å². The number of para-hydroxylation sites is 1. The summed E-state index contributed by atoms with van der Waals surface area (Å²) < 4.78 is 6.17. The minimum Gasteiger partial charge on any atom is -0.456 e. The number of hydrogen-bond acceptors (Lipinski definition) is 2. The molecule has 10 aromatic rings. The van der Waals surface area contributed by atoms with Crippen LogP contribution in [0.4, 0.5) is 11.4 Å². The molecule has 2 nitrogen and oxygen atoms in total. The molecule has 2 aliphatic rings. The Bertz CT molecular complexity index is 3370. The van der Waals surface area contributed by atoms with Crippen LogP contribution in [-0.4, -0.2) is 6.04 Å². The summed E-state index contributed by atoms with van der Waals surface area (Å²) in [4.78, 5) is 2.52. The largest absolute Gasteiger partial charge is 0.456 e. The molecule has 0 saturated carbocycles. The standard InChI is InChI=1S/C64H49NO/c1-43(61-42-50-18-8-9-19-57(50)58-20-10-11-21-59(58)61)44-24-31-54(32-25-44)65(55-33-26-47(27-34-55)49-30-37-64-62(41-49)60-22-12-13-23-63(60)66-64)56-35-28-48(29-36-56)53-39-51(45-14-4-2-5-15-45)38-52(40-53)46-16-6-3-7-17-46/h2-35,37-41,43,56,61H,36,42H2,1H3/t43-,56?,61+/m0/s1. The summed E-state index contributed by atoms with van der Waals surface area (Å²) in [5.41, 5.74) is 20.9. The second-order valence-electron chi connectivity index (χ2n) is 18.0. The molecule has 9 aromatic carbocycles. The van der Waals surface area contributed by atoms with Crippen LogP contribution in [0.15, 0.2) is 241 Å². The highest BCUT2D eigenvalue weighted by Gasteiger charge is 2.30. The van der Waals surface area contributed by atoms with Crippen molar-refractivity contribution in [2.45, 2.75) is 37.6 Å². The van der Waals surface area contributed by atoms with Crippen LogP contribution in [0.5, 0.6) is 0 Å². The minimum atomic E-state index is 0.115. The molecule has 0 aliphatic heterocycles. The normalized spacial score (nSPS) is 15.8. The lowest BCUT2D eigenvalue weighted by Gasteiger charge is -2.34. The molecule has 0 saturated heterocycles. The zero-order chi connectivity index (χ0) is 44.0. The molecule has 3 atom stereocenters. The van der Waals surface area contributed by atoms with Gasteiger partial charge in [0, 0.05) is 22.1 Å². The summed E-state index contributed by atoms with van der Waals surface area (Å²) in [5, 5.41) is 2.29. The fourth-order valence-electron chi connectivity index (χ4n) is 10.6. The molecule has 2 heteroatoms. The van der Waals surface area contributed by atoms with Gasteiger partial charge < -0.3 is 9.32 Å². The average Bonchev–Trinajstić information content (AvgIpc) is 3.77. The fraction of sp³-hybridized carbons (Fsp3) is 0.0938. The predicted molar refractivity (Wildman–Crippen MR) is 277 cm³/mol. The Kier molecular flexibility index (Phi) is 10.1. The first-order chi connectivity index (χ1) is 32.6. The number of benzene rings is 9. The lowest BCUT2D eigenvalue weighted by atomic mass is 9.72. The van der Waals surface area contributed by atoms with Gasteiger partial charge in [-0.1, -0.05) is 183 Å². The van der Waals surface area contributed by atoms with Gasteiger partial charge >= 0.3 is 0 Å². The summed E-state index contributed by atoms with van der Waals surface area (Å²) in [5.74, 6) is 0.746. The lowest BCUT2D eigenvalue weighted by Crippen LogP contribution is -2.30. The summed E-state index contributed by atoms with van der Waals surface area (Å²) in [7, 11) is 0. The van der Waals surface area contributed by atoms with Crippen molar-refractivity contribution >= 4 is 38.9 Å². The number of rotatable bonds is 9. The van der Waals surface area contributed by atoms with Gasteiger partial charge in [-0.3, -0.25) is 0 Å². The Balaban J connectivity index is 0.886. The number of furan rings is 1. The Morgan fingerprint density at radius 3 is 1.76 bits per heavy atom. The van der Waals surface area contributed by atoms with Crippen LogP contribution < -0.4 is 4.90 Å². The Morgan fingerprint density at radius 1 is 0.470 bits per heavy atom. The molecule has 0 bridgehead atoms. The predicted octanol–water partition coefficient (Wildman–Crippen LogP) is 17.2. The third kappa shape index (κ3) is 7.35. The maximum atomic E-state index is 6.17. The molecule has 1 unspecified atom stereocenters. The van der Waals surface area contributed by atoms with Crippen molar-refractivity contribution < 1.29 is 4.42 Å². The quantitative estimate of drug-likeness (QED) is 0.144. The Morgan fingerprint density at radius 2 is 1.05 bits per heavy atom. The van der Waals surface area contributed by atoms with Gasteiger partial charge in [-0.2, -0.15) is 0 Å². The highest BCUT2D eigenvalue weighted by molar-refractivity contribution is 6.06. The number of anilines is 2. The SMILES string of the molecule is C[C@@H](c1ccc(N(c2ccc(-c3ccc4oc5ccccc5c4c3)cc2)C2C=CC(c3cc(-c4ccccc4)cc(-c4ccccc4)c3)=CC2)cc1)[C@H]1Cc2ccccc2-c2ccccc21. The smallest absolute Gasteiger partial charge is 0.135 e. The van der Waals surface area contributed by atoms with Crippen LogP contribution in [0.3, 0.4) is 0 Å². The summed E-state index contributed by atoms with van der Waals surface area (Å²) in [6.45, 7) is 2.41. The Labute approximate surface area is 387 Å². The van der Waals surface area contributed by atoms with Gasteiger partial charge in [0.25, 0.3) is 0 Å². The maximum absolute atomic E-state index is 6.17. The van der Waals surface area contributed by atoms with Crippen molar-refractivity contribution in [3.8, 4) is 44.5 Å². The Hall–Kier alpha value is -7.94. The van der Waals surface area contributed by atoms with Crippen LogP contribution in [0, 0.1) is 0 Å². The van der Waals surface area contributed by atoms with Crippen molar-refractivity contribution in [2.75, 3.05) is 4.90 Å². The van der Waals surface area contributed by atoms with Crippen molar-refractivity contribution in [3.63, 3.8) is 0 Å². The highest BCUT2D eigenvalue weighted by atomic mass is 16.3. The molecular weight excluding hydrogens is 799 g/mol. The van der Waals surface area contributed by atoms with Crippen molar-refractivity contribution in [1.82, 2.24) is 0 Å². The molecule has 12 rings (SSSR count).